The highest BCUT2D eigenvalue weighted by Gasteiger charge is 2.14. The topological polar surface area (TPSA) is 72.1 Å². The predicted molar refractivity (Wildman–Crippen MR) is 111 cm³/mol. The van der Waals surface area contributed by atoms with Gasteiger partial charge in [-0.2, -0.15) is 0 Å². The molecule has 1 fully saturated rings. The fraction of sp³-hybridized carbons (Fsp3) is 0.381. The van der Waals surface area contributed by atoms with E-state index in [0.717, 1.165) is 24.5 Å². The first kappa shape index (κ1) is 18.9. The van der Waals surface area contributed by atoms with Crippen LogP contribution in [-0.2, 0) is 6.54 Å². The summed E-state index contributed by atoms with van der Waals surface area (Å²) in [6.45, 7) is 2.74. The van der Waals surface area contributed by atoms with Crippen LogP contribution in [0.15, 0.2) is 47.5 Å². The summed E-state index contributed by atoms with van der Waals surface area (Å²) in [6, 6.07) is 13.9. The second-order valence-electron chi connectivity index (χ2n) is 6.57. The molecule has 144 valence electrons. The van der Waals surface area contributed by atoms with Crippen LogP contribution in [0.3, 0.4) is 0 Å². The van der Waals surface area contributed by atoms with Crippen LogP contribution in [0.2, 0.25) is 0 Å². The van der Waals surface area contributed by atoms with Gasteiger partial charge in [0, 0.05) is 24.8 Å². The average molecular weight is 368 g/mol. The number of ether oxygens (including phenoxy) is 2. The summed E-state index contributed by atoms with van der Waals surface area (Å²) in [6.07, 6.45) is 3.81. The number of rotatable bonds is 6. The molecule has 1 aliphatic rings. The zero-order valence-corrected chi connectivity index (χ0v) is 16.1. The quantitative estimate of drug-likeness (QED) is 0.602. The number of aliphatic imine (C=N–C) groups is 1. The van der Waals surface area contributed by atoms with Crippen molar-refractivity contribution in [3.63, 3.8) is 0 Å². The Balaban J connectivity index is 1.73. The van der Waals surface area contributed by atoms with Crippen LogP contribution in [-0.4, -0.2) is 33.3 Å². The van der Waals surface area contributed by atoms with Gasteiger partial charge in [0.15, 0.2) is 5.96 Å². The van der Waals surface area contributed by atoms with Crippen LogP contribution in [0.5, 0.6) is 11.5 Å². The highest BCUT2D eigenvalue weighted by Crippen LogP contribution is 2.29. The molecule has 1 aliphatic heterocycles. The monoisotopic (exact) mass is 368 g/mol. The summed E-state index contributed by atoms with van der Waals surface area (Å²) in [5.41, 5.74) is 9.29. The van der Waals surface area contributed by atoms with E-state index in [0.29, 0.717) is 18.3 Å². The molecule has 6 nitrogen and oxygen atoms in total. The predicted octanol–water partition coefficient (Wildman–Crippen LogP) is 3.62. The third-order valence-electron chi connectivity index (χ3n) is 4.78. The van der Waals surface area contributed by atoms with Crippen LogP contribution >= 0.6 is 0 Å². The van der Waals surface area contributed by atoms with Gasteiger partial charge in [-0.25, -0.2) is 4.99 Å². The van der Waals surface area contributed by atoms with E-state index >= 15 is 0 Å². The standard InChI is InChI=1S/C21H28N4O2/c1-26-17-10-11-20(27-2)18(14-17)24-21(22)23-15-16-8-4-5-9-19(16)25-12-6-3-7-13-25/h4-5,8-11,14H,3,6-7,12-13,15H2,1-2H3,(H3,22,23,24). The number of hydrogen-bond acceptors (Lipinski definition) is 4. The molecule has 27 heavy (non-hydrogen) atoms. The number of methoxy groups -OCH3 is 2. The first-order chi connectivity index (χ1) is 13.2. The largest absolute Gasteiger partial charge is 0.497 e. The number of piperidine rings is 1. The minimum Gasteiger partial charge on any atom is -0.497 e. The van der Waals surface area contributed by atoms with Gasteiger partial charge in [0.05, 0.1) is 26.5 Å². The summed E-state index contributed by atoms with van der Waals surface area (Å²) in [5, 5.41) is 3.11. The maximum atomic E-state index is 6.13. The lowest BCUT2D eigenvalue weighted by Crippen LogP contribution is -2.30. The number of nitrogens with zero attached hydrogens (tertiary/aromatic N) is 2. The Bertz CT molecular complexity index is 786. The molecule has 0 saturated carbocycles. The molecule has 3 N–H and O–H groups in total. The van der Waals surface area contributed by atoms with E-state index in [-0.39, 0.29) is 0 Å². The second-order valence-corrected chi connectivity index (χ2v) is 6.57. The molecule has 1 saturated heterocycles. The first-order valence-electron chi connectivity index (χ1n) is 9.33. The lowest BCUT2D eigenvalue weighted by Gasteiger charge is -2.30. The van der Waals surface area contributed by atoms with Gasteiger partial charge in [-0.3, -0.25) is 0 Å². The number of nitrogens with one attached hydrogen (secondary N) is 1. The van der Waals surface area contributed by atoms with E-state index in [1.807, 2.05) is 24.3 Å². The van der Waals surface area contributed by atoms with E-state index in [1.165, 1.54) is 30.5 Å². The van der Waals surface area contributed by atoms with Crippen molar-refractivity contribution >= 4 is 17.3 Å². The van der Waals surface area contributed by atoms with Crippen molar-refractivity contribution in [2.75, 3.05) is 37.5 Å². The van der Waals surface area contributed by atoms with Gasteiger partial charge in [0.2, 0.25) is 0 Å². The van der Waals surface area contributed by atoms with E-state index < -0.39 is 0 Å². The van der Waals surface area contributed by atoms with E-state index in [1.54, 1.807) is 14.2 Å². The fourth-order valence-corrected chi connectivity index (χ4v) is 3.35. The van der Waals surface area contributed by atoms with E-state index in [9.17, 15) is 0 Å². The Hall–Kier alpha value is -2.89. The lowest BCUT2D eigenvalue weighted by atomic mass is 10.1. The molecule has 0 bridgehead atoms. The van der Waals surface area contributed by atoms with Gasteiger partial charge in [-0.05, 0) is 43.0 Å². The summed E-state index contributed by atoms with van der Waals surface area (Å²) >= 11 is 0. The van der Waals surface area contributed by atoms with E-state index in [4.69, 9.17) is 15.2 Å². The maximum absolute atomic E-state index is 6.13. The van der Waals surface area contributed by atoms with Gasteiger partial charge >= 0.3 is 0 Å². The first-order valence-corrected chi connectivity index (χ1v) is 9.33. The molecule has 2 aromatic carbocycles. The normalized spacial score (nSPS) is 14.7. The number of nitrogens with two attached hydrogens (primary N) is 1. The summed E-state index contributed by atoms with van der Waals surface area (Å²) < 4.78 is 10.6. The summed E-state index contributed by atoms with van der Waals surface area (Å²) in [5.74, 6) is 1.75. The highest BCUT2D eigenvalue weighted by molar-refractivity contribution is 5.94. The molecular formula is C21H28N4O2. The molecule has 0 atom stereocenters. The van der Waals surface area contributed by atoms with Gasteiger partial charge in [-0.1, -0.05) is 18.2 Å². The van der Waals surface area contributed by atoms with Crippen molar-refractivity contribution in [3.8, 4) is 11.5 Å². The zero-order valence-electron chi connectivity index (χ0n) is 16.1. The number of anilines is 2. The number of hydrogen-bond donors (Lipinski definition) is 2. The Kier molecular flexibility index (Phi) is 6.41. The lowest BCUT2D eigenvalue weighted by molar-refractivity contribution is 0.405. The molecule has 0 aliphatic carbocycles. The molecular weight excluding hydrogens is 340 g/mol. The number of guanidine groups is 1. The number of benzene rings is 2. The molecule has 3 rings (SSSR count). The Morgan fingerprint density at radius 1 is 1.07 bits per heavy atom. The van der Waals surface area contributed by atoms with Gasteiger partial charge in [0.25, 0.3) is 0 Å². The van der Waals surface area contributed by atoms with Crippen LogP contribution in [0.4, 0.5) is 11.4 Å². The fourth-order valence-electron chi connectivity index (χ4n) is 3.35. The second kappa shape index (κ2) is 9.16. The van der Waals surface area contributed by atoms with Crippen LogP contribution in [0.1, 0.15) is 24.8 Å². The third kappa shape index (κ3) is 4.84. The van der Waals surface area contributed by atoms with E-state index in [2.05, 4.69) is 33.4 Å². The van der Waals surface area contributed by atoms with Crippen molar-refractivity contribution in [3.05, 3.63) is 48.0 Å². The zero-order chi connectivity index (χ0) is 19.1. The van der Waals surface area contributed by atoms with Gasteiger partial charge in [0.1, 0.15) is 11.5 Å². The van der Waals surface area contributed by atoms with Crippen molar-refractivity contribution in [2.45, 2.75) is 25.8 Å². The maximum Gasteiger partial charge on any atom is 0.193 e. The Morgan fingerprint density at radius 3 is 2.59 bits per heavy atom. The van der Waals surface area contributed by atoms with Crippen LogP contribution in [0.25, 0.3) is 0 Å². The molecule has 0 spiro atoms. The third-order valence-corrected chi connectivity index (χ3v) is 4.78. The molecule has 1 heterocycles. The molecule has 6 heteroatoms. The smallest absolute Gasteiger partial charge is 0.193 e. The highest BCUT2D eigenvalue weighted by atomic mass is 16.5. The SMILES string of the molecule is COc1ccc(OC)c(NC(N)=NCc2ccccc2N2CCCCC2)c1. The van der Waals surface area contributed by atoms with Crippen molar-refractivity contribution in [1.29, 1.82) is 0 Å². The summed E-state index contributed by atoms with van der Waals surface area (Å²) in [7, 11) is 3.25. The summed E-state index contributed by atoms with van der Waals surface area (Å²) in [4.78, 5) is 6.98. The van der Waals surface area contributed by atoms with Crippen molar-refractivity contribution in [1.82, 2.24) is 0 Å². The molecule has 0 radical (unpaired) electrons. The minimum atomic E-state index is 0.343. The van der Waals surface area contributed by atoms with Crippen LogP contribution in [0, 0.1) is 0 Å². The van der Waals surface area contributed by atoms with Crippen molar-refractivity contribution in [2.24, 2.45) is 10.7 Å². The Morgan fingerprint density at radius 2 is 1.85 bits per heavy atom. The van der Waals surface area contributed by atoms with Crippen molar-refractivity contribution < 1.29 is 9.47 Å². The molecule has 2 aromatic rings. The minimum absolute atomic E-state index is 0.343. The average Bonchev–Trinajstić information content (AvgIpc) is 2.73. The Labute approximate surface area is 161 Å². The van der Waals surface area contributed by atoms with Crippen LogP contribution < -0.4 is 25.4 Å². The molecule has 0 amide bonds. The van der Waals surface area contributed by atoms with Gasteiger partial charge in [-0.15, -0.1) is 0 Å². The van der Waals surface area contributed by atoms with Gasteiger partial charge < -0.3 is 25.4 Å². The molecule has 0 unspecified atom stereocenters. The number of para-hydroxylation sites is 1. The molecule has 0 aromatic heterocycles.